The molecule has 8 amide bonds. The molecule has 0 aromatic carbocycles. The Kier molecular flexibility index (Phi) is 27.8. The Labute approximate surface area is 424 Å². The van der Waals surface area contributed by atoms with Gasteiger partial charge in [-0.25, -0.2) is 9.78 Å². The number of nitrogens with one attached hydrogen (secondary N) is 7. The minimum Gasteiger partial charge on any atom is -0.477 e. The number of nitrogens with two attached hydrogens (primary N) is 6. The summed E-state index contributed by atoms with van der Waals surface area (Å²) in [5.74, 6) is -8.02. The summed E-state index contributed by atoms with van der Waals surface area (Å²) in [6, 6.07) is -7.74. The summed E-state index contributed by atoms with van der Waals surface area (Å²) in [4.78, 5) is 129. The summed E-state index contributed by atoms with van der Waals surface area (Å²) in [6.45, 7) is 2.81. The Bertz CT molecular complexity index is 2130. The molecular weight excluding hydrogens is 955 g/mol. The average Bonchev–Trinajstić information content (AvgIpc) is 4.02. The Morgan fingerprint density at radius 3 is 2.15 bits per heavy atom. The van der Waals surface area contributed by atoms with Crippen LogP contribution in [-0.2, 0) is 56.6 Å². The van der Waals surface area contributed by atoms with Crippen LogP contribution >= 0.6 is 0 Å². The minimum absolute atomic E-state index is 0.0532. The number of likely N-dealkylation sites (tertiary alicyclic amines) is 1. The monoisotopic (exact) mass is 1030 g/mol. The maximum atomic E-state index is 14.2. The fourth-order valence-electron chi connectivity index (χ4n) is 7.40. The second kappa shape index (κ2) is 32.7. The number of aryl methyl sites for hydroxylation is 1. The average molecular weight is 1030 g/mol. The Morgan fingerprint density at radius 1 is 0.836 bits per heavy atom. The van der Waals surface area contributed by atoms with Gasteiger partial charge in [0, 0.05) is 45.0 Å². The van der Waals surface area contributed by atoms with E-state index in [1.165, 1.54) is 36.5 Å². The van der Waals surface area contributed by atoms with Gasteiger partial charge in [0.05, 0.1) is 24.7 Å². The number of nitrogens with zero attached hydrogens (tertiary/aromatic N) is 4. The van der Waals surface area contributed by atoms with Crippen LogP contribution in [0.3, 0.4) is 0 Å². The Hall–Kier alpha value is -7.17. The molecule has 28 heteroatoms. The van der Waals surface area contributed by atoms with Gasteiger partial charge in [-0.15, -0.1) is 0 Å². The van der Waals surface area contributed by atoms with Gasteiger partial charge in [-0.3, -0.25) is 43.3 Å². The normalized spacial score (nSPS) is 16.1. The molecule has 0 saturated carbocycles. The van der Waals surface area contributed by atoms with E-state index in [4.69, 9.17) is 34.4 Å². The summed E-state index contributed by atoms with van der Waals surface area (Å²) in [7, 11) is 1.68. The zero-order valence-corrected chi connectivity index (χ0v) is 41.9. The van der Waals surface area contributed by atoms with Crippen molar-refractivity contribution in [2.24, 2.45) is 46.4 Å². The van der Waals surface area contributed by atoms with E-state index in [0.717, 1.165) is 6.42 Å². The fourth-order valence-corrected chi connectivity index (χ4v) is 7.40. The number of aliphatic imine (C=N–C) groups is 1. The van der Waals surface area contributed by atoms with Crippen molar-refractivity contribution < 1.29 is 53.4 Å². The topological polar surface area (TPSA) is 468 Å². The number of amides is 8. The number of carboxylic acids is 1. The van der Waals surface area contributed by atoms with E-state index in [0.29, 0.717) is 44.3 Å². The smallest absolute Gasteiger partial charge is 0.352 e. The highest BCUT2D eigenvalue weighted by atomic mass is 16.4. The van der Waals surface area contributed by atoms with Crippen LogP contribution in [0.4, 0.5) is 0 Å². The number of unbranched alkanes of at least 4 members (excludes halogenated alkanes) is 3. The molecule has 0 aliphatic carbocycles. The van der Waals surface area contributed by atoms with Gasteiger partial charge in [0.25, 0.3) is 5.91 Å². The van der Waals surface area contributed by atoms with E-state index < -0.39 is 114 Å². The summed E-state index contributed by atoms with van der Waals surface area (Å²) < 4.78 is 1.63. The lowest BCUT2D eigenvalue weighted by atomic mass is 10.0. The lowest BCUT2D eigenvalue weighted by Gasteiger charge is -2.30. The van der Waals surface area contributed by atoms with E-state index in [-0.39, 0.29) is 69.8 Å². The second-order valence-corrected chi connectivity index (χ2v) is 17.4. The molecule has 0 unspecified atom stereocenters. The molecular formula is C45H77N17O11. The number of carbonyl (C=O) groups is 9. The van der Waals surface area contributed by atoms with Gasteiger partial charge in [-0.1, -0.05) is 38.3 Å². The SMILES string of the molecule is CCCCC[C@H](NC(=O)[C@H](Cc1cncn1C)NC(=O)[C@@H]1CCCN1C(=O)[C@@H](CCCN)NC(=O)CNC(=O)[C@H](C)NC(=O)[C@@H](NC(=O)/C(N)=C/CCCN)[C@@H](O)CN)C(=O)N/C(=C\CCN=C(N)N)C(=O)O. The molecule has 2 rings (SSSR count). The maximum absolute atomic E-state index is 14.2. The van der Waals surface area contributed by atoms with Gasteiger partial charge in [0.2, 0.25) is 41.4 Å². The molecule has 1 aromatic rings. The number of guanidine groups is 1. The summed E-state index contributed by atoms with van der Waals surface area (Å²) in [5.41, 5.74) is 33.1. The molecule has 0 spiro atoms. The number of hydrogen-bond acceptors (Lipinski definition) is 16. The van der Waals surface area contributed by atoms with Crippen molar-refractivity contribution in [1.29, 1.82) is 0 Å². The molecule has 1 aliphatic heterocycles. The van der Waals surface area contributed by atoms with Gasteiger partial charge in [-0.2, -0.15) is 0 Å². The lowest BCUT2D eigenvalue weighted by molar-refractivity contribution is -0.142. The molecule has 0 bridgehead atoms. The third-order valence-corrected chi connectivity index (χ3v) is 11.5. The van der Waals surface area contributed by atoms with E-state index >= 15 is 0 Å². The molecule has 1 fully saturated rings. The number of allylic oxidation sites excluding steroid dienone is 1. The third kappa shape index (κ3) is 21.6. The first-order valence-corrected chi connectivity index (χ1v) is 24.3. The van der Waals surface area contributed by atoms with Crippen molar-refractivity contribution in [2.75, 3.05) is 39.3 Å². The van der Waals surface area contributed by atoms with E-state index in [9.17, 15) is 53.4 Å². The van der Waals surface area contributed by atoms with Crippen LogP contribution < -0.4 is 71.6 Å². The first-order valence-electron chi connectivity index (χ1n) is 24.3. The summed E-state index contributed by atoms with van der Waals surface area (Å²) >= 11 is 0. The predicted octanol–water partition coefficient (Wildman–Crippen LogP) is -5.52. The molecule has 73 heavy (non-hydrogen) atoms. The Morgan fingerprint density at radius 2 is 1.53 bits per heavy atom. The molecule has 408 valence electrons. The van der Waals surface area contributed by atoms with Crippen molar-refractivity contribution in [3.63, 3.8) is 0 Å². The number of aromatic nitrogens is 2. The van der Waals surface area contributed by atoms with Crippen LogP contribution in [0.15, 0.2) is 41.1 Å². The van der Waals surface area contributed by atoms with E-state index in [2.05, 4.69) is 47.2 Å². The number of aliphatic hydroxyl groups is 1. The van der Waals surface area contributed by atoms with Crippen molar-refractivity contribution >= 4 is 59.2 Å². The number of aliphatic carboxylic acids is 1. The first kappa shape index (κ1) is 61.9. The van der Waals surface area contributed by atoms with Gasteiger partial charge in [0.1, 0.15) is 41.9 Å². The lowest BCUT2D eigenvalue weighted by Crippen LogP contribution is -2.59. The van der Waals surface area contributed by atoms with E-state index in [1.54, 1.807) is 11.6 Å². The predicted molar refractivity (Wildman–Crippen MR) is 267 cm³/mol. The number of imidazole rings is 1. The number of carboxylic acid groups (broad SMARTS) is 1. The standard InChI is InChI=1S/C45H77N17O11/c1-4-5-6-13-29(39(67)58-31(44(72)73)15-10-19-53-45(50)51)57-40(68)32(21-27-23-52-25-61(27)3)59-41(69)33-16-11-20-62(33)43(71)30(14-9-18-47)56-35(64)24-54-37(65)26(2)55-42(70)36(34(63)22-48)60-38(66)28(49)12-7-8-17-46/h12,15,23,25-26,29-30,32-34,36,63H,4-11,13-14,16-22,24,46-49H2,1-3H3,(H,54,65)(H,55,70)(H,56,64)(H,57,68)(H,58,67)(H,59,69)(H,60,66)(H,72,73)(H4,50,51,53)/b28-12-,31-15-/t26-,29-,30+,32-,33-,34-,36-/m0/s1. The molecule has 1 aliphatic rings. The first-order chi connectivity index (χ1) is 34.7. The molecule has 21 N–H and O–H groups in total. The second-order valence-electron chi connectivity index (χ2n) is 17.4. The van der Waals surface area contributed by atoms with Gasteiger partial charge in [0.15, 0.2) is 5.96 Å². The summed E-state index contributed by atoms with van der Waals surface area (Å²) in [6.07, 6.45) is 7.99. The van der Waals surface area contributed by atoms with Crippen LogP contribution in [0.25, 0.3) is 0 Å². The van der Waals surface area contributed by atoms with Crippen LogP contribution in [0.1, 0.15) is 90.2 Å². The minimum atomic E-state index is -1.60. The van der Waals surface area contributed by atoms with Crippen molar-refractivity contribution in [2.45, 2.75) is 133 Å². The van der Waals surface area contributed by atoms with Crippen molar-refractivity contribution in [3.05, 3.63) is 41.8 Å². The number of carbonyl (C=O) groups excluding carboxylic acids is 8. The fraction of sp³-hybridized carbons (Fsp3) is 0.622. The van der Waals surface area contributed by atoms with Gasteiger partial charge < -0.3 is 91.3 Å². The van der Waals surface area contributed by atoms with E-state index in [1.807, 2.05) is 6.92 Å². The van der Waals surface area contributed by atoms with Crippen molar-refractivity contribution in [1.82, 2.24) is 51.7 Å². The highest BCUT2D eigenvalue weighted by Crippen LogP contribution is 2.20. The van der Waals surface area contributed by atoms with Crippen LogP contribution in [0.5, 0.6) is 0 Å². The molecule has 2 heterocycles. The number of rotatable bonds is 33. The van der Waals surface area contributed by atoms with Crippen LogP contribution in [0.2, 0.25) is 0 Å². The molecule has 0 radical (unpaired) electrons. The number of aliphatic hydroxyl groups excluding tert-OH is 1. The molecule has 28 nitrogen and oxygen atoms in total. The quantitative estimate of drug-likeness (QED) is 0.0135. The van der Waals surface area contributed by atoms with Crippen LogP contribution in [-0.4, -0.2) is 165 Å². The maximum Gasteiger partial charge on any atom is 0.352 e. The van der Waals surface area contributed by atoms with Crippen molar-refractivity contribution in [3.8, 4) is 0 Å². The highest BCUT2D eigenvalue weighted by Gasteiger charge is 2.40. The molecule has 1 aromatic heterocycles. The van der Waals surface area contributed by atoms with Crippen LogP contribution in [0, 0.1) is 0 Å². The number of hydrogen-bond donors (Lipinski definition) is 15. The highest BCUT2D eigenvalue weighted by molar-refractivity contribution is 5.99. The van der Waals surface area contributed by atoms with Gasteiger partial charge >= 0.3 is 5.97 Å². The van der Waals surface area contributed by atoms with Gasteiger partial charge in [-0.05, 0) is 71.4 Å². The summed E-state index contributed by atoms with van der Waals surface area (Å²) in [5, 5.41) is 37.6. The zero-order chi connectivity index (χ0) is 54.6. The zero-order valence-electron chi connectivity index (χ0n) is 41.9. The third-order valence-electron chi connectivity index (χ3n) is 11.5. The molecule has 1 saturated heterocycles. The Balaban J connectivity index is 2.24. The molecule has 7 atom stereocenters. The largest absolute Gasteiger partial charge is 0.477 e.